The molecule has 3 rings (SSSR count). The number of esters is 1. The maximum Gasteiger partial charge on any atom is 0.340 e. The van der Waals surface area contributed by atoms with Crippen LogP contribution in [0.3, 0.4) is 0 Å². The molecule has 1 saturated carbocycles. The molecule has 5 heteroatoms. The summed E-state index contributed by atoms with van der Waals surface area (Å²) in [5.41, 5.74) is 3.53. The van der Waals surface area contributed by atoms with Crippen molar-refractivity contribution in [3.8, 4) is 0 Å². The molecule has 1 aromatic heterocycles. The van der Waals surface area contributed by atoms with Gasteiger partial charge in [-0.3, -0.25) is 4.79 Å². The number of benzene rings is 1. The van der Waals surface area contributed by atoms with Crippen LogP contribution in [0.5, 0.6) is 0 Å². The number of aryl methyl sites for hydroxylation is 1. The normalized spacial score (nSPS) is 15.5. The Morgan fingerprint density at radius 1 is 1.19 bits per heavy atom. The van der Waals surface area contributed by atoms with E-state index in [0.29, 0.717) is 12.1 Å². The minimum atomic E-state index is -0.796. The molecular weight excluding hydrogens is 340 g/mol. The molecule has 1 aromatic carbocycles. The van der Waals surface area contributed by atoms with Gasteiger partial charge in [-0.2, -0.15) is 0 Å². The van der Waals surface area contributed by atoms with Crippen molar-refractivity contribution < 1.29 is 14.3 Å². The summed E-state index contributed by atoms with van der Waals surface area (Å²) in [5, 5.41) is 2.98. The van der Waals surface area contributed by atoms with Gasteiger partial charge < -0.3 is 14.6 Å². The van der Waals surface area contributed by atoms with Crippen LogP contribution in [0.1, 0.15) is 59.9 Å². The first kappa shape index (κ1) is 19.2. The highest BCUT2D eigenvalue weighted by molar-refractivity contribution is 5.93. The molecular formula is C22H28N2O3. The van der Waals surface area contributed by atoms with Crippen LogP contribution in [0.15, 0.2) is 36.4 Å². The first-order valence-electron chi connectivity index (χ1n) is 9.67. The minimum Gasteiger partial charge on any atom is -0.449 e. The summed E-state index contributed by atoms with van der Waals surface area (Å²) in [7, 11) is 0. The first-order chi connectivity index (χ1) is 13.0. The Morgan fingerprint density at radius 2 is 1.85 bits per heavy atom. The van der Waals surface area contributed by atoms with Crippen LogP contribution in [0.2, 0.25) is 0 Å². The third-order valence-corrected chi connectivity index (χ3v) is 5.33. The van der Waals surface area contributed by atoms with Crippen LogP contribution in [-0.4, -0.2) is 28.6 Å². The van der Waals surface area contributed by atoms with Gasteiger partial charge in [-0.1, -0.05) is 43.2 Å². The minimum absolute atomic E-state index is 0.214. The van der Waals surface area contributed by atoms with E-state index in [4.69, 9.17) is 4.74 Å². The van der Waals surface area contributed by atoms with Crippen LogP contribution in [0.25, 0.3) is 0 Å². The quantitative estimate of drug-likeness (QED) is 0.790. The van der Waals surface area contributed by atoms with E-state index >= 15 is 0 Å². The molecule has 144 valence electrons. The van der Waals surface area contributed by atoms with Crippen molar-refractivity contribution in [3.05, 3.63) is 58.9 Å². The predicted octanol–water partition coefficient (Wildman–Crippen LogP) is 3.76. The van der Waals surface area contributed by atoms with Crippen LogP contribution >= 0.6 is 0 Å². The summed E-state index contributed by atoms with van der Waals surface area (Å²) < 4.78 is 7.54. The number of carbonyl (C=O) groups is 2. The number of carbonyl (C=O) groups excluding carboxylic acids is 2. The van der Waals surface area contributed by atoms with Gasteiger partial charge in [0.15, 0.2) is 6.10 Å². The number of hydrogen-bond acceptors (Lipinski definition) is 3. The van der Waals surface area contributed by atoms with Crippen molar-refractivity contribution in [1.82, 2.24) is 9.88 Å². The van der Waals surface area contributed by atoms with E-state index < -0.39 is 12.1 Å². The zero-order valence-electron chi connectivity index (χ0n) is 16.3. The average molecular weight is 368 g/mol. The van der Waals surface area contributed by atoms with E-state index in [2.05, 4.69) is 22.0 Å². The van der Waals surface area contributed by atoms with Crippen LogP contribution in [0, 0.1) is 13.8 Å². The van der Waals surface area contributed by atoms with Crippen molar-refractivity contribution in [1.29, 1.82) is 0 Å². The number of aromatic nitrogens is 1. The summed E-state index contributed by atoms with van der Waals surface area (Å²) in [4.78, 5) is 24.9. The summed E-state index contributed by atoms with van der Waals surface area (Å²) >= 11 is 0. The van der Waals surface area contributed by atoms with Crippen molar-refractivity contribution in [2.45, 2.75) is 65.1 Å². The molecule has 27 heavy (non-hydrogen) atoms. The SMILES string of the molecule is Cc1cc(C(=O)OC(C)C(=O)NC2CCCC2)c(C)n1Cc1ccccc1. The van der Waals surface area contributed by atoms with Gasteiger partial charge in [-0.05, 0) is 45.2 Å². The Hall–Kier alpha value is -2.56. The molecule has 0 bridgehead atoms. The summed E-state index contributed by atoms with van der Waals surface area (Å²) in [5.74, 6) is -0.662. The summed E-state index contributed by atoms with van der Waals surface area (Å²) in [6.07, 6.45) is 3.51. The fraction of sp³-hybridized carbons (Fsp3) is 0.455. The van der Waals surface area contributed by atoms with Gasteiger partial charge >= 0.3 is 5.97 Å². The maximum atomic E-state index is 12.6. The van der Waals surface area contributed by atoms with Gasteiger partial charge in [0.05, 0.1) is 5.56 Å². The fourth-order valence-electron chi connectivity index (χ4n) is 3.68. The molecule has 1 heterocycles. The Labute approximate surface area is 160 Å². The number of amides is 1. The Kier molecular flexibility index (Phi) is 5.99. The second kappa shape index (κ2) is 8.42. The van der Waals surface area contributed by atoms with E-state index in [1.165, 1.54) is 5.56 Å². The monoisotopic (exact) mass is 368 g/mol. The summed E-state index contributed by atoms with van der Waals surface area (Å²) in [6.45, 7) is 6.22. The van der Waals surface area contributed by atoms with Gasteiger partial charge in [0.2, 0.25) is 0 Å². The van der Waals surface area contributed by atoms with Gasteiger partial charge in [-0.15, -0.1) is 0 Å². The lowest BCUT2D eigenvalue weighted by Crippen LogP contribution is -2.40. The third kappa shape index (κ3) is 4.59. The highest BCUT2D eigenvalue weighted by atomic mass is 16.5. The fourth-order valence-corrected chi connectivity index (χ4v) is 3.68. The molecule has 0 saturated heterocycles. The van der Waals surface area contributed by atoms with E-state index in [1.54, 1.807) is 6.92 Å². The van der Waals surface area contributed by atoms with Crippen LogP contribution in [-0.2, 0) is 16.1 Å². The highest BCUT2D eigenvalue weighted by Crippen LogP contribution is 2.20. The Balaban J connectivity index is 1.65. The zero-order chi connectivity index (χ0) is 19.4. The zero-order valence-corrected chi connectivity index (χ0v) is 16.3. The number of rotatable bonds is 6. The Morgan fingerprint density at radius 3 is 2.52 bits per heavy atom. The molecule has 1 aliphatic carbocycles. The molecule has 1 atom stereocenters. The molecule has 1 fully saturated rings. The van der Waals surface area contributed by atoms with E-state index in [9.17, 15) is 9.59 Å². The standard InChI is InChI=1S/C22H28N2O3/c1-15-13-20(16(2)24(15)14-18-9-5-4-6-10-18)22(26)27-17(3)21(25)23-19-11-7-8-12-19/h4-6,9-10,13,17,19H,7-8,11-12,14H2,1-3H3,(H,23,25). The molecule has 0 radical (unpaired) electrons. The van der Waals surface area contributed by atoms with Gasteiger partial charge in [0.25, 0.3) is 5.91 Å². The molecule has 1 amide bonds. The largest absolute Gasteiger partial charge is 0.449 e. The number of nitrogens with zero attached hydrogens (tertiary/aromatic N) is 1. The van der Waals surface area contributed by atoms with Crippen molar-refractivity contribution in [3.63, 3.8) is 0 Å². The number of ether oxygens (including phenoxy) is 1. The second-order valence-corrected chi connectivity index (χ2v) is 7.39. The van der Waals surface area contributed by atoms with Gasteiger partial charge in [0.1, 0.15) is 0 Å². The maximum absolute atomic E-state index is 12.6. The molecule has 1 N–H and O–H groups in total. The lowest BCUT2D eigenvalue weighted by Gasteiger charge is -2.17. The first-order valence-corrected chi connectivity index (χ1v) is 9.67. The van der Waals surface area contributed by atoms with E-state index in [0.717, 1.165) is 37.1 Å². The van der Waals surface area contributed by atoms with Gasteiger partial charge in [-0.25, -0.2) is 4.79 Å². The molecule has 5 nitrogen and oxygen atoms in total. The number of hydrogen-bond donors (Lipinski definition) is 1. The van der Waals surface area contributed by atoms with Crippen molar-refractivity contribution >= 4 is 11.9 Å². The molecule has 1 aliphatic rings. The highest BCUT2D eigenvalue weighted by Gasteiger charge is 2.25. The van der Waals surface area contributed by atoms with Gasteiger partial charge in [0, 0.05) is 24.0 Å². The third-order valence-electron chi connectivity index (χ3n) is 5.33. The second-order valence-electron chi connectivity index (χ2n) is 7.39. The molecule has 1 unspecified atom stereocenters. The topological polar surface area (TPSA) is 60.3 Å². The molecule has 0 spiro atoms. The van der Waals surface area contributed by atoms with Crippen molar-refractivity contribution in [2.75, 3.05) is 0 Å². The number of nitrogens with one attached hydrogen (secondary N) is 1. The lowest BCUT2D eigenvalue weighted by molar-refractivity contribution is -0.129. The Bertz CT molecular complexity index is 804. The van der Waals surface area contributed by atoms with Crippen LogP contribution in [0.4, 0.5) is 0 Å². The average Bonchev–Trinajstić information content (AvgIpc) is 3.26. The molecule has 0 aliphatic heterocycles. The van der Waals surface area contributed by atoms with Crippen molar-refractivity contribution in [2.24, 2.45) is 0 Å². The predicted molar refractivity (Wildman–Crippen MR) is 105 cm³/mol. The van der Waals surface area contributed by atoms with E-state index in [-0.39, 0.29) is 11.9 Å². The lowest BCUT2D eigenvalue weighted by atomic mass is 10.2. The smallest absolute Gasteiger partial charge is 0.340 e. The van der Waals surface area contributed by atoms with E-state index in [1.807, 2.05) is 38.1 Å². The molecule has 2 aromatic rings. The van der Waals surface area contributed by atoms with Crippen LogP contribution < -0.4 is 5.32 Å². The summed E-state index contributed by atoms with van der Waals surface area (Å²) in [6, 6.07) is 12.2.